The third-order valence-corrected chi connectivity index (χ3v) is 11.4. The number of nitrogens with zero attached hydrogens (tertiary/aromatic N) is 4. The number of amides is 4. The maximum atomic E-state index is 16.0. The van der Waals surface area contributed by atoms with Crippen LogP contribution in [0.5, 0.6) is 0 Å². The van der Waals surface area contributed by atoms with Gasteiger partial charge in [-0.05, 0) is 90.6 Å². The first-order valence-corrected chi connectivity index (χ1v) is 19.8. The summed E-state index contributed by atoms with van der Waals surface area (Å²) < 4.78 is 41.4. The molecule has 7 rings (SSSR count). The standard InChI is InChI=1S/C43H49F2N7O6/c1-22(2)37(49-42(55)57-5)40(53)51-15-7-9-35(51)34-19-26-17-24(11-13-31(26)46-34)27-20-30(45)28(21-29(27)44)25-12-14-32-33(18-25)48-39(47-32)36-10-8-16-52(36)41(54)38(23(3)4)50-43(56)58-6/h11-14,17-18,20-23,35-38H,7-10,15-16,19H2,1-6H3,(H,47,48)(H,49,55)(H,50,56)/t35?,36-,37-,38-/m0/s1. The Kier molecular flexibility index (Phi) is 11.5. The van der Waals surface area contributed by atoms with Crippen molar-refractivity contribution in [3.63, 3.8) is 0 Å². The number of ether oxygens (including phenoxy) is 2. The van der Waals surface area contributed by atoms with E-state index >= 15 is 8.78 Å². The van der Waals surface area contributed by atoms with Crippen LogP contribution >= 0.6 is 0 Å². The summed E-state index contributed by atoms with van der Waals surface area (Å²) in [6, 6.07) is 10.8. The molecule has 3 aromatic carbocycles. The number of hydrogen-bond donors (Lipinski definition) is 3. The number of rotatable bonds is 10. The number of aromatic amines is 1. The van der Waals surface area contributed by atoms with E-state index in [1.165, 1.54) is 26.4 Å². The Labute approximate surface area is 335 Å². The molecule has 2 fully saturated rings. The maximum Gasteiger partial charge on any atom is 0.407 e. The average molecular weight is 798 g/mol. The van der Waals surface area contributed by atoms with Gasteiger partial charge in [-0.25, -0.2) is 23.4 Å². The summed E-state index contributed by atoms with van der Waals surface area (Å²) >= 11 is 0. The Bertz CT molecular complexity index is 2290. The highest BCUT2D eigenvalue weighted by molar-refractivity contribution is 6.01. The molecule has 4 amide bonds. The molecular formula is C43H49F2N7O6. The summed E-state index contributed by atoms with van der Waals surface area (Å²) in [6.07, 6.45) is 2.07. The Morgan fingerprint density at radius 2 is 1.29 bits per heavy atom. The summed E-state index contributed by atoms with van der Waals surface area (Å²) in [5.41, 5.74) is 4.78. The molecule has 15 heteroatoms. The molecule has 4 atom stereocenters. The Hall–Kier alpha value is -5.86. The molecule has 58 heavy (non-hydrogen) atoms. The van der Waals surface area contributed by atoms with Crippen molar-refractivity contribution < 1.29 is 37.4 Å². The number of halogens is 2. The molecule has 1 unspecified atom stereocenters. The smallest absolute Gasteiger partial charge is 0.407 e. The second kappa shape index (κ2) is 16.5. The number of benzene rings is 3. The van der Waals surface area contributed by atoms with Gasteiger partial charge in [0.2, 0.25) is 11.8 Å². The Balaban J connectivity index is 1.08. The van der Waals surface area contributed by atoms with Gasteiger partial charge in [0.05, 0.1) is 43.0 Å². The van der Waals surface area contributed by atoms with E-state index in [4.69, 9.17) is 19.5 Å². The number of likely N-dealkylation sites (tertiary alicyclic amines) is 2. The molecule has 3 N–H and O–H groups in total. The highest BCUT2D eigenvalue weighted by atomic mass is 19.1. The molecule has 0 radical (unpaired) electrons. The molecule has 2 saturated heterocycles. The molecule has 0 bridgehead atoms. The highest BCUT2D eigenvalue weighted by Gasteiger charge is 2.40. The lowest BCUT2D eigenvalue weighted by Gasteiger charge is -2.30. The number of aromatic nitrogens is 2. The van der Waals surface area contributed by atoms with E-state index in [-0.39, 0.29) is 46.9 Å². The van der Waals surface area contributed by atoms with Gasteiger partial charge in [0.15, 0.2) is 0 Å². The zero-order chi connectivity index (χ0) is 41.4. The molecule has 4 aromatic rings. The largest absolute Gasteiger partial charge is 0.453 e. The number of carbonyl (C=O) groups excluding carboxylic acids is 4. The molecule has 13 nitrogen and oxygen atoms in total. The van der Waals surface area contributed by atoms with E-state index in [2.05, 4.69) is 15.6 Å². The predicted molar refractivity (Wildman–Crippen MR) is 214 cm³/mol. The molecule has 1 aromatic heterocycles. The normalized spacial score (nSPS) is 18.7. The van der Waals surface area contributed by atoms with Gasteiger partial charge in [-0.2, -0.15) is 0 Å². The quantitative estimate of drug-likeness (QED) is 0.153. The summed E-state index contributed by atoms with van der Waals surface area (Å²) in [7, 11) is 2.51. The fourth-order valence-electron chi connectivity index (χ4n) is 8.38. The van der Waals surface area contributed by atoms with Crippen LogP contribution in [0.25, 0.3) is 33.3 Å². The number of H-pyrrole nitrogens is 1. The van der Waals surface area contributed by atoms with Crippen molar-refractivity contribution in [3.8, 4) is 22.3 Å². The topological polar surface area (TPSA) is 158 Å². The van der Waals surface area contributed by atoms with Crippen LogP contribution < -0.4 is 10.6 Å². The van der Waals surface area contributed by atoms with Crippen LogP contribution in [-0.2, 0) is 25.5 Å². The number of fused-ring (bicyclic) bond motifs is 2. The van der Waals surface area contributed by atoms with E-state index in [0.29, 0.717) is 53.9 Å². The van der Waals surface area contributed by atoms with Crippen molar-refractivity contribution in [1.82, 2.24) is 30.4 Å². The van der Waals surface area contributed by atoms with Crippen molar-refractivity contribution in [2.24, 2.45) is 16.8 Å². The summed E-state index contributed by atoms with van der Waals surface area (Å²) in [6.45, 7) is 8.48. The predicted octanol–water partition coefficient (Wildman–Crippen LogP) is 7.22. The first-order chi connectivity index (χ1) is 27.8. The molecule has 3 aliphatic heterocycles. The minimum absolute atomic E-state index is 0.0878. The first kappa shape index (κ1) is 40.3. The lowest BCUT2D eigenvalue weighted by atomic mass is 9.95. The monoisotopic (exact) mass is 797 g/mol. The summed E-state index contributed by atoms with van der Waals surface area (Å²) in [5.74, 6) is -1.36. The zero-order valence-corrected chi connectivity index (χ0v) is 33.5. The second-order valence-corrected chi connectivity index (χ2v) is 15.9. The number of carbonyl (C=O) groups is 4. The third-order valence-electron chi connectivity index (χ3n) is 11.4. The number of nitrogens with one attached hydrogen (secondary N) is 3. The van der Waals surface area contributed by atoms with Crippen molar-refractivity contribution in [2.75, 3.05) is 27.3 Å². The van der Waals surface area contributed by atoms with Crippen LogP contribution in [0.1, 0.15) is 70.8 Å². The van der Waals surface area contributed by atoms with Crippen LogP contribution in [0.15, 0.2) is 53.5 Å². The van der Waals surface area contributed by atoms with E-state index in [1.807, 2.05) is 33.8 Å². The van der Waals surface area contributed by atoms with Crippen molar-refractivity contribution in [2.45, 2.75) is 84.0 Å². The van der Waals surface area contributed by atoms with Gasteiger partial charge in [0.1, 0.15) is 29.5 Å². The van der Waals surface area contributed by atoms with E-state index in [1.54, 1.807) is 40.1 Å². The van der Waals surface area contributed by atoms with Gasteiger partial charge < -0.3 is 34.9 Å². The van der Waals surface area contributed by atoms with Gasteiger partial charge in [0.25, 0.3) is 0 Å². The fourth-order valence-corrected chi connectivity index (χ4v) is 8.38. The first-order valence-electron chi connectivity index (χ1n) is 19.8. The molecule has 4 heterocycles. The molecule has 3 aliphatic rings. The fraction of sp³-hybridized carbons (Fsp3) is 0.442. The van der Waals surface area contributed by atoms with Crippen molar-refractivity contribution in [3.05, 3.63) is 71.6 Å². The average Bonchev–Trinajstić information content (AvgIpc) is 4.03. The number of imidazole rings is 1. The van der Waals surface area contributed by atoms with E-state index in [9.17, 15) is 19.2 Å². The molecular weight excluding hydrogens is 749 g/mol. The number of alkyl carbamates (subject to hydrolysis) is 2. The van der Waals surface area contributed by atoms with Crippen molar-refractivity contribution >= 4 is 46.4 Å². The van der Waals surface area contributed by atoms with Gasteiger partial charge in [-0.15, -0.1) is 0 Å². The van der Waals surface area contributed by atoms with Gasteiger partial charge in [-0.3, -0.25) is 14.6 Å². The number of methoxy groups -OCH3 is 2. The molecule has 0 aliphatic carbocycles. The zero-order valence-electron chi connectivity index (χ0n) is 33.5. The minimum atomic E-state index is -0.769. The van der Waals surface area contributed by atoms with Crippen molar-refractivity contribution in [1.29, 1.82) is 0 Å². The highest BCUT2D eigenvalue weighted by Crippen LogP contribution is 2.38. The van der Waals surface area contributed by atoms with Gasteiger partial charge >= 0.3 is 12.2 Å². The van der Waals surface area contributed by atoms with Gasteiger partial charge in [-0.1, -0.05) is 39.8 Å². The third kappa shape index (κ3) is 7.86. The number of hydrogen-bond acceptors (Lipinski definition) is 8. The minimum Gasteiger partial charge on any atom is -0.453 e. The van der Waals surface area contributed by atoms with E-state index in [0.717, 1.165) is 36.2 Å². The second-order valence-electron chi connectivity index (χ2n) is 15.9. The Morgan fingerprint density at radius 3 is 1.86 bits per heavy atom. The molecule has 0 saturated carbocycles. The van der Waals surface area contributed by atoms with Crippen LogP contribution in [-0.4, -0.2) is 94.9 Å². The number of aliphatic imine (C=N–C) groups is 1. The van der Waals surface area contributed by atoms with Crippen LogP contribution in [0.4, 0.5) is 24.1 Å². The molecule has 0 spiro atoms. The van der Waals surface area contributed by atoms with Crippen LogP contribution in [0, 0.1) is 23.5 Å². The maximum absolute atomic E-state index is 16.0. The van der Waals surface area contributed by atoms with Crippen LogP contribution in [0.2, 0.25) is 0 Å². The SMILES string of the molecule is COC(=O)N[C@H](C(=O)N1CCCC1C1=Nc2ccc(-c3cc(F)c(-c4ccc5nc([C@@H]6CCCN6C(=O)[C@@H](NC(=O)OC)C(C)C)[nH]c5c4)cc3F)cc2C1)C(C)C. The lowest BCUT2D eigenvalue weighted by molar-refractivity contribution is -0.135. The van der Waals surface area contributed by atoms with E-state index < -0.39 is 35.9 Å². The van der Waals surface area contributed by atoms with Gasteiger partial charge in [0, 0.05) is 36.3 Å². The summed E-state index contributed by atoms with van der Waals surface area (Å²) in [5, 5.41) is 5.32. The lowest BCUT2D eigenvalue weighted by Crippen LogP contribution is -2.53. The Morgan fingerprint density at radius 1 is 0.759 bits per heavy atom. The van der Waals surface area contributed by atoms with Crippen LogP contribution in [0.3, 0.4) is 0 Å². The summed E-state index contributed by atoms with van der Waals surface area (Å²) in [4.78, 5) is 67.7. The molecule has 306 valence electrons.